The van der Waals surface area contributed by atoms with E-state index < -0.39 is 5.82 Å². The van der Waals surface area contributed by atoms with Crippen molar-refractivity contribution in [3.63, 3.8) is 0 Å². The third kappa shape index (κ3) is 4.37. The van der Waals surface area contributed by atoms with Crippen molar-refractivity contribution in [2.75, 3.05) is 33.3 Å². The van der Waals surface area contributed by atoms with Crippen LogP contribution in [0.3, 0.4) is 0 Å². The normalized spacial score (nSPS) is 20.5. The van der Waals surface area contributed by atoms with Crippen molar-refractivity contribution in [2.24, 2.45) is 11.8 Å². The highest BCUT2D eigenvalue weighted by Crippen LogP contribution is 2.33. The third-order valence-corrected chi connectivity index (χ3v) is 6.88. The lowest BCUT2D eigenvalue weighted by molar-refractivity contribution is -0.126. The predicted octanol–water partition coefficient (Wildman–Crippen LogP) is 3.13. The molecule has 3 aromatic rings. The molecule has 176 valence electrons. The van der Waals surface area contributed by atoms with Crippen LogP contribution in [-0.2, 0) is 4.79 Å². The summed E-state index contributed by atoms with van der Waals surface area (Å²) in [6.07, 6.45) is 4.84. The molecule has 9 heteroatoms. The van der Waals surface area contributed by atoms with Crippen LogP contribution in [0.2, 0.25) is 0 Å². The fourth-order valence-electron chi connectivity index (χ4n) is 4.95. The van der Waals surface area contributed by atoms with Gasteiger partial charge in [0, 0.05) is 37.8 Å². The fourth-order valence-corrected chi connectivity index (χ4v) is 4.95. The molecule has 34 heavy (non-hydrogen) atoms. The van der Waals surface area contributed by atoms with E-state index in [-0.39, 0.29) is 17.6 Å². The van der Waals surface area contributed by atoms with Crippen LogP contribution in [0.15, 0.2) is 42.5 Å². The van der Waals surface area contributed by atoms with Gasteiger partial charge in [0.25, 0.3) is 5.91 Å². The van der Waals surface area contributed by atoms with Crippen LogP contribution < -0.4 is 4.74 Å². The van der Waals surface area contributed by atoms with E-state index >= 15 is 0 Å². The van der Waals surface area contributed by atoms with Crippen molar-refractivity contribution in [3.05, 3.63) is 59.4 Å². The number of ether oxygens (including phenoxy) is 1. The molecule has 2 saturated heterocycles. The topological polar surface area (TPSA) is 91.4 Å². The number of H-pyrrole nitrogens is 1. The van der Waals surface area contributed by atoms with Crippen LogP contribution in [0.5, 0.6) is 5.75 Å². The highest BCUT2D eigenvalue weighted by molar-refractivity contribution is 5.97. The summed E-state index contributed by atoms with van der Waals surface area (Å²) in [4.78, 5) is 29.6. The van der Waals surface area contributed by atoms with Gasteiger partial charge < -0.3 is 14.5 Å². The van der Waals surface area contributed by atoms with Gasteiger partial charge in [0.2, 0.25) is 5.91 Å². The number of hydrogen-bond acceptors (Lipinski definition) is 5. The summed E-state index contributed by atoms with van der Waals surface area (Å²) in [5, 5.41) is 10.6. The third-order valence-electron chi connectivity index (χ3n) is 6.88. The van der Waals surface area contributed by atoms with E-state index in [1.54, 1.807) is 30.3 Å². The lowest BCUT2D eigenvalue weighted by Gasteiger charge is -2.21. The molecular formula is C25H26FN5O3. The summed E-state index contributed by atoms with van der Waals surface area (Å²) >= 11 is 0. The minimum atomic E-state index is -0.459. The number of fused-ring (bicyclic) bond motifs is 2. The Labute approximate surface area is 196 Å². The average molecular weight is 464 g/mol. The van der Waals surface area contributed by atoms with E-state index in [0.717, 1.165) is 18.4 Å². The number of hydrogen-bond donors (Lipinski definition) is 1. The second-order valence-corrected chi connectivity index (χ2v) is 8.90. The fraction of sp³-hybridized carbons (Fsp3) is 0.360. The number of carbonyl (C=O) groups excluding carboxylic acids is 2. The molecule has 2 atom stereocenters. The maximum Gasteiger partial charge on any atom is 0.253 e. The molecule has 2 fully saturated rings. The molecule has 2 aliphatic heterocycles. The molecule has 2 aromatic carbocycles. The van der Waals surface area contributed by atoms with Crippen LogP contribution >= 0.6 is 0 Å². The van der Waals surface area contributed by atoms with E-state index in [1.165, 1.54) is 19.3 Å². The average Bonchev–Trinajstić information content (AvgIpc) is 3.44. The van der Waals surface area contributed by atoms with Crippen molar-refractivity contribution in [2.45, 2.75) is 12.8 Å². The number of halogens is 1. The molecule has 0 bridgehead atoms. The van der Waals surface area contributed by atoms with Crippen molar-refractivity contribution < 1.29 is 18.7 Å². The molecule has 2 amide bonds. The minimum Gasteiger partial charge on any atom is -0.494 e. The van der Waals surface area contributed by atoms with Gasteiger partial charge in [-0.2, -0.15) is 0 Å². The van der Waals surface area contributed by atoms with E-state index in [2.05, 4.69) is 15.4 Å². The standard InChI is InChI=1S/C25H26FN5O3/c1-34-23-6-2-16(12-20(23)26)3-7-24(32)30-10-8-18-14-31(15-19(18)9-11-30)25(33)17-4-5-21-22(13-17)28-29-27-21/h2-7,12-13,18-19H,8-11,14-15H2,1H3,(H,27,28,29)/b7-3+/t18-,19+. The number of benzene rings is 2. The lowest BCUT2D eigenvalue weighted by Crippen LogP contribution is -2.33. The molecule has 2 aliphatic rings. The number of nitrogens with one attached hydrogen (secondary N) is 1. The smallest absolute Gasteiger partial charge is 0.253 e. The highest BCUT2D eigenvalue weighted by atomic mass is 19.1. The number of carbonyl (C=O) groups is 2. The Hall–Kier alpha value is -3.75. The van der Waals surface area contributed by atoms with Crippen molar-refractivity contribution in [1.82, 2.24) is 25.2 Å². The molecule has 0 aliphatic carbocycles. The lowest BCUT2D eigenvalue weighted by atomic mass is 9.92. The number of aromatic amines is 1. The highest BCUT2D eigenvalue weighted by Gasteiger charge is 2.37. The van der Waals surface area contributed by atoms with Crippen LogP contribution in [0.1, 0.15) is 28.8 Å². The molecule has 0 saturated carbocycles. The largest absolute Gasteiger partial charge is 0.494 e. The van der Waals surface area contributed by atoms with Gasteiger partial charge in [0.15, 0.2) is 11.6 Å². The van der Waals surface area contributed by atoms with Gasteiger partial charge in [-0.05, 0) is 66.6 Å². The Balaban J connectivity index is 1.18. The van der Waals surface area contributed by atoms with Gasteiger partial charge in [0.1, 0.15) is 5.52 Å². The molecule has 0 spiro atoms. The molecular weight excluding hydrogens is 437 g/mol. The first kappa shape index (κ1) is 22.1. The SMILES string of the molecule is COc1ccc(/C=C/C(=O)N2CC[C@@H]3CN(C(=O)c4ccc5[nH]nnc5c4)C[C@@H]3CC2)cc1F. The minimum absolute atomic E-state index is 0.0144. The molecule has 1 aromatic heterocycles. The van der Waals surface area contributed by atoms with E-state index in [0.29, 0.717) is 54.7 Å². The Bertz CT molecular complexity index is 1240. The number of likely N-dealkylation sites (tertiary alicyclic amines) is 2. The Morgan fingerprint density at radius 1 is 1.09 bits per heavy atom. The summed E-state index contributed by atoms with van der Waals surface area (Å²) in [5.41, 5.74) is 2.71. The summed E-state index contributed by atoms with van der Waals surface area (Å²) in [6, 6.07) is 10.0. The Morgan fingerprint density at radius 2 is 1.85 bits per heavy atom. The monoisotopic (exact) mass is 463 g/mol. The van der Waals surface area contributed by atoms with E-state index in [9.17, 15) is 14.0 Å². The van der Waals surface area contributed by atoms with Gasteiger partial charge in [-0.15, -0.1) is 5.10 Å². The van der Waals surface area contributed by atoms with Crippen LogP contribution in [0.4, 0.5) is 4.39 Å². The first-order valence-electron chi connectivity index (χ1n) is 11.4. The predicted molar refractivity (Wildman–Crippen MR) is 125 cm³/mol. The zero-order valence-electron chi connectivity index (χ0n) is 18.9. The number of rotatable bonds is 4. The molecule has 1 N–H and O–H groups in total. The zero-order valence-corrected chi connectivity index (χ0v) is 18.9. The number of amides is 2. The van der Waals surface area contributed by atoms with E-state index in [4.69, 9.17) is 4.74 Å². The number of nitrogens with zero attached hydrogens (tertiary/aromatic N) is 4. The second-order valence-electron chi connectivity index (χ2n) is 8.90. The summed E-state index contributed by atoms with van der Waals surface area (Å²) in [7, 11) is 1.42. The van der Waals surface area contributed by atoms with Crippen LogP contribution in [-0.4, -0.2) is 70.3 Å². The quantitative estimate of drug-likeness (QED) is 0.601. The molecule has 8 nitrogen and oxygen atoms in total. The summed E-state index contributed by atoms with van der Waals surface area (Å²) < 4.78 is 18.8. The maximum atomic E-state index is 13.9. The first-order chi connectivity index (χ1) is 16.5. The van der Waals surface area contributed by atoms with Crippen molar-refractivity contribution in [1.29, 1.82) is 0 Å². The Kier molecular flexibility index (Phi) is 6.00. The molecule has 0 unspecified atom stereocenters. The number of methoxy groups -OCH3 is 1. The van der Waals surface area contributed by atoms with Gasteiger partial charge in [-0.25, -0.2) is 4.39 Å². The Morgan fingerprint density at radius 3 is 2.56 bits per heavy atom. The zero-order chi connectivity index (χ0) is 23.7. The summed E-state index contributed by atoms with van der Waals surface area (Å²) in [6.45, 7) is 2.69. The number of aromatic nitrogens is 3. The van der Waals surface area contributed by atoms with Crippen LogP contribution in [0, 0.1) is 17.7 Å². The molecule has 0 radical (unpaired) electrons. The first-order valence-corrected chi connectivity index (χ1v) is 11.4. The maximum absolute atomic E-state index is 13.9. The summed E-state index contributed by atoms with van der Waals surface area (Å²) in [5.74, 6) is 0.397. The molecule has 3 heterocycles. The van der Waals surface area contributed by atoms with Crippen LogP contribution in [0.25, 0.3) is 17.1 Å². The van der Waals surface area contributed by atoms with Gasteiger partial charge in [-0.3, -0.25) is 14.7 Å². The van der Waals surface area contributed by atoms with Crippen molar-refractivity contribution >= 4 is 28.9 Å². The van der Waals surface area contributed by atoms with E-state index in [1.807, 2.05) is 15.9 Å². The van der Waals surface area contributed by atoms with Gasteiger partial charge >= 0.3 is 0 Å². The van der Waals surface area contributed by atoms with Gasteiger partial charge in [0.05, 0.1) is 12.6 Å². The second kappa shape index (κ2) is 9.24. The van der Waals surface area contributed by atoms with Crippen molar-refractivity contribution in [3.8, 4) is 5.75 Å². The van der Waals surface area contributed by atoms with Gasteiger partial charge in [-0.1, -0.05) is 11.3 Å². The molecule has 5 rings (SSSR count).